The van der Waals surface area contributed by atoms with E-state index in [0.29, 0.717) is 5.56 Å². The molecule has 1 nitrogen and oxygen atoms in total. The zero-order valence-corrected chi connectivity index (χ0v) is 9.84. The molecule has 1 heterocycles. The first-order valence-corrected chi connectivity index (χ1v) is 6.02. The highest BCUT2D eigenvalue weighted by Gasteiger charge is 2.10. The Kier molecular flexibility index (Phi) is 2.84. The van der Waals surface area contributed by atoms with Gasteiger partial charge in [-0.25, -0.2) is 8.78 Å². The van der Waals surface area contributed by atoms with Crippen molar-refractivity contribution in [1.82, 2.24) is 5.32 Å². The quantitative estimate of drug-likeness (QED) is 0.813. The number of nitrogens with one attached hydrogen (secondary N) is 1. The Hall–Kier alpha value is -1.74. The molecular formula is C15H13F2N. The largest absolute Gasteiger partial charge is 0.312 e. The molecule has 0 spiro atoms. The van der Waals surface area contributed by atoms with Crippen LogP contribution in [0, 0.1) is 11.6 Å². The molecule has 92 valence electrons. The molecule has 3 heteroatoms. The molecule has 0 bridgehead atoms. The fraction of sp³-hybridized carbons (Fsp3) is 0.200. The molecule has 0 amide bonds. The van der Waals surface area contributed by atoms with Crippen molar-refractivity contribution in [2.24, 2.45) is 0 Å². The number of benzene rings is 2. The van der Waals surface area contributed by atoms with Crippen LogP contribution in [0.2, 0.25) is 0 Å². The van der Waals surface area contributed by atoms with Gasteiger partial charge in [-0.05, 0) is 53.4 Å². The van der Waals surface area contributed by atoms with Gasteiger partial charge in [0.15, 0.2) is 11.6 Å². The third kappa shape index (κ3) is 2.02. The molecule has 3 rings (SSSR count). The molecular weight excluding hydrogens is 232 g/mol. The van der Waals surface area contributed by atoms with Gasteiger partial charge < -0.3 is 5.32 Å². The standard InChI is InChI=1S/C15H13F2N/c16-14-4-3-12(8-15(14)17)11-2-1-10-5-6-18-9-13(10)7-11/h1-4,7-8,18H,5-6,9H2. The zero-order valence-electron chi connectivity index (χ0n) is 9.84. The summed E-state index contributed by atoms with van der Waals surface area (Å²) in [7, 11) is 0. The molecule has 2 aromatic carbocycles. The molecule has 0 atom stereocenters. The highest BCUT2D eigenvalue weighted by Crippen LogP contribution is 2.25. The maximum Gasteiger partial charge on any atom is 0.159 e. The van der Waals surface area contributed by atoms with Crippen molar-refractivity contribution < 1.29 is 8.78 Å². The van der Waals surface area contributed by atoms with Crippen LogP contribution in [0.15, 0.2) is 36.4 Å². The van der Waals surface area contributed by atoms with Gasteiger partial charge in [0.25, 0.3) is 0 Å². The van der Waals surface area contributed by atoms with Crippen LogP contribution in [-0.2, 0) is 13.0 Å². The Morgan fingerprint density at radius 1 is 0.833 bits per heavy atom. The molecule has 0 aromatic heterocycles. The van der Waals surface area contributed by atoms with E-state index in [2.05, 4.69) is 11.4 Å². The smallest absolute Gasteiger partial charge is 0.159 e. The van der Waals surface area contributed by atoms with E-state index < -0.39 is 11.6 Å². The van der Waals surface area contributed by atoms with Gasteiger partial charge in [-0.3, -0.25) is 0 Å². The van der Waals surface area contributed by atoms with Crippen molar-refractivity contribution in [2.75, 3.05) is 6.54 Å². The number of fused-ring (bicyclic) bond motifs is 1. The van der Waals surface area contributed by atoms with Crippen molar-refractivity contribution in [3.63, 3.8) is 0 Å². The maximum atomic E-state index is 13.2. The molecule has 0 aliphatic carbocycles. The summed E-state index contributed by atoms with van der Waals surface area (Å²) in [5, 5.41) is 3.31. The molecule has 0 radical (unpaired) electrons. The van der Waals surface area contributed by atoms with Crippen LogP contribution in [0.1, 0.15) is 11.1 Å². The van der Waals surface area contributed by atoms with E-state index in [1.807, 2.05) is 12.1 Å². The third-order valence-corrected chi connectivity index (χ3v) is 3.35. The minimum Gasteiger partial charge on any atom is -0.312 e. The van der Waals surface area contributed by atoms with Crippen LogP contribution >= 0.6 is 0 Å². The summed E-state index contributed by atoms with van der Waals surface area (Å²) in [4.78, 5) is 0. The first-order chi connectivity index (χ1) is 8.74. The van der Waals surface area contributed by atoms with E-state index in [-0.39, 0.29) is 0 Å². The molecule has 1 aliphatic heterocycles. The van der Waals surface area contributed by atoms with Crippen LogP contribution in [0.4, 0.5) is 8.78 Å². The molecule has 1 aliphatic rings. The predicted molar refractivity (Wildman–Crippen MR) is 67.2 cm³/mol. The summed E-state index contributed by atoms with van der Waals surface area (Å²) in [6.07, 6.45) is 1.02. The number of hydrogen-bond acceptors (Lipinski definition) is 1. The van der Waals surface area contributed by atoms with Crippen LogP contribution in [0.5, 0.6) is 0 Å². The zero-order chi connectivity index (χ0) is 12.5. The summed E-state index contributed by atoms with van der Waals surface area (Å²) >= 11 is 0. The Morgan fingerprint density at radius 3 is 2.44 bits per heavy atom. The lowest BCUT2D eigenvalue weighted by Gasteiger charge is -2.18. The van der Waals surface area contributed by atoms with Gasteiger partial charge in [0.2, 0.25) is 0 Å². The topological polar surface area (TPSA) is 12.0 Å². The Bertz CT molecular complexity index is 593. The summed E-state index contributed by atoms with van der Waals surface area (Å²) in [6, 6.07) is 10.1. The van der Waals surface area contributed by atoms with Gasteiger partial charge in [-0.15, -0.1) is 0 Å². The molecule has 0 saturated carbocycles. The Labute approximate surface area is 104 Å². The minimum absolute atomic E-state index is 0.710. The average Bonchev–Trinajstić information content (AvgIpc) is 2.41. The summed E-state index contributed by atoms with van der Waals surface area (Å²) < 4.78 is 26.1. The van der Waals surface area contributed by atoms with E-state index >= 15 is 0 Å². The van der Waals surface area contributed by atoms with Gasteiger partial charge in [0.1, 0.15) is 0 Å². The monoisotopic (exact) mass is 245 g/mol. The molecule has 0 fully saturated rings. The molecule has 0 saturated heterocycles. The molecule has 2 aromatic rings. The second-order valence-corrected chi connectivity index (χ2v) is 4.54. The Morgan fingerprint density at radius 2 is 1.61 bits per heavy atom. The maximum absolute atomic E-state index is 13.2. The van der Waals surface area contributed by atoms with E-state index in [0.717, 1.165) is 25.1 Å². The highest BCUT2D eigenvalue weighted by molar-refractivity contribution is 5.65. The van der Waals surface area contributed by atoms with E-state index in [1.54, 1.807) is 6.07 Å². The fourth-order valence-electron chi connectivity index (χ4n) is 2.34. The van der Waals surface area contributed by atoms with Crippen molar-refractivity contribution in [3.05, 3.63) is 59.2 Å². The van der Waals surface area contributed by atoms with Crippen molar-refractivity contribution in [1.29, 1.82) is 0 Å². The summed E-state index contributed by atoms with van der Waals surface area (Å²) in [5.74, 6) is -1.61. The van der Waals surface area contributed by atoms with Gasteiger partial charge in [0, 0.05) is 6.54 Å². The summed E-state index contributed by atoms with van der Waals surface area (Å²) in [6.45, 7) is 1.84. The van der Waals surface area contributed by atoms with Gasteiger partial charge in [0.05, 0.1) is 0 Å². The molecule has 18 heavy (non-hydrogen) atoms. The third-order valence-electron chi connectivity index (χ3n) is 3.35. The lowest BCUT2D eigenvalue weighted by Crippen LogP contribution is -2.23. The van der Waals surface area contributed by atoms with Crippen LogP contribution in [-0.4, -0.2) is 6.54 Å². The predicted octanol–water partition coefficient (Wildman–Crippen LogP) is 3.28. The lowest BCUT2D eigenvalue weighted by atomic mass is 9.95. The van der Waals surface area contributed by atoms with E-state index in [4.69, 9.17) is 0 Å². The number of rotatable bonds is 1. The number of hydrogen-bond donors (Lipinski definition) is 1. The van der Waals surface area contributed by atoms with Gasteiger partial charge >= 0.3 is 0 Å². The first-order valence-electron chi connectivity index (χ1n) is 6.02. The average molecular weight is 245 g/mol. The fourth-order valence-corrected chi connectivity index (χ4v) is 2.34. The van der Waals surface area contributed by atoms with E-state index in [1.165, 1.54) is 23.3 Å². The lowest BCUT2D eigenvalue weighted by molar-refractivity contribution is 0.509. The minimum atomic E-state index is -0.807. The second kappa shape index (κ2) is 4.50. The van der Waals surface area contributed by atoms with E-state index in [9.17, 15) is 8.78 Å². The molecule has 0 unspecified atom stereocenters. The van der Waals surface area contributed by atoms with Gasteiger partial charge in [-0.2, -0.15) is 0 Å². The van der Waals surface area contributed by atoms with Crippen molar-refractivity contribution in [3.8, 4) is 11.1 Å². The van der Waals surface area contributed by atoms with Crippen LogP contribution in [0.25, 0.3) is 11.1 Å². The summed E-state index contributed by atoms with van der Waals surface area (Å²) in [5.41, 5.74) is 4.21. The normalized spacial score (nSPS) is 14.3. The van der Waals surface area contributed by atoms with Crippen LogP contribution < -0.4 is 5.32 Å². The van der Waals surface area contributed by atoms with Crippen LogP contribution in [0.3, 0.4) is 0 Å². The SMILES string of the molecule is Fc1ccc(-c2ccc3c(c2)CNCC3)cc1F. The second-order valence-electron chi connectivity index (χ2n) is 4.54. The Balaban J connectivity index is 2.03. The van der Waals surface area contributed by atoms with Crippen molar-refractivity contribution in [2.45, 2.75) is 13.0 Å². The molecule has 1 N–H and O–H groups in total. The first kappa shape index (κ1) is 11.4. The number of halogens is 2. The highest BCUT2D eigenvalue weighted by atomic mass is 19.2. The van der Waals surface area contributed by atoms with Gasteiger partial charge in [-0.1, -0.05) is 18.2 Å². The van der Waals surface area contributed by atoms with Crippen molar-refractivity contribution >= 4 is 0 Å².